The molecule has 5 aliphatic heterocycles. The largest absolute Gasteiger partial charge is 0.472 e. The molecule has 364 valence electrons. The highest BCUT2D eigenvalue weighted by atomic mass is 31.2. The normalized spacial score (nSPS) is 33.0. The number of urea groups is 1. The molecular formula is C30H40N9O24P3. The maximum absolute atomic E-state index is 13.6. The SMILES string of the molecule is Cc1cn([C@H]2C[C@H](OP(=O)(O)O)[C@@H](COP(=O)(O)O[C@H]3[C@@H](O)[C@H](N4C(=O)N=C5C(=O)NC(N)=N[C@@]54O)O[C@@H]3COP(=O)(O)O[C@H]3C[C@H](n4cc(C)c(=O)[nH]c4=O)O[C@@H]3CO)O2)c(=O)[nH]c1=O. The summed E-state index contributed by atoms with van der Waals surface area (Å²) in [5.41, 5.74) is 1.36. The number of aliphatic imine (C=N–C) groups is 2. The summed E-state index contributed by atoms with van der Waals surface area (Å²) in [6.45, 7) is -0.494. The summed E-state index contributed by atoms with van der Waals surface area (Å²) in [6, 6.07) is -1.49. The number of carbonyl (C=O) groups is 2. The fraction of sp³-hybridized carbons (Fsp3) is 0.600. The van der Waals surface area contributed by atoms with E-state index in [0.29, 0.717) is 0 Å². The number of aliphatic hydroxyl groups excluding tert-OH is 2. The van der Waals surface area contributed by atoms with Crippen LogP contribution in [-0.4, -0.2) is 157 Å². The van der Waals surface area contributed by atoms with E-state index in [2.05, 4.69) is 15.0 Å². The van der Waals surface area contributed by atoms with E-state index in [9.17, 15) is 77.4 Å². The highest BCUT2D eigenvalue weighted by molar-refractivity contribution is 7.47. The summed E-state index contributed by atoms with van der Waals surface area (Å²) in [4.78, 5) is 127. The molecule has 0 radical (unpaired) electrons. The molecule has 13 atom stereocenters. The van der Waals surface area contributed by atoms with Gasteiger partial charge in [0.1, 0.15) is 55.2 Å². The van der Waals surface area contributed by atoms with Crippen LogP contribution in [0.2, 0.25) is 0 Å². The zero-order valence-electron chi connectivity index (χ0n) is 33.7. The number of amides is 3. The van der Waals surface area contributed by atoms with Gasteiger partial charge in [-0.05, 0) is 13.8 Å². The molecule has 2 aromatic rings. The number of guanidine groups is 1. The highest BCUT2D eigenvalue weighted by Crippen LogP contribution is 2.52. The van der Waals surface area contributed by atoms with Crippen molar-refractivity contribution in [3.8, 4) is 0 Å². The Hall–Kier alpha value is -4.47. The summed E-state index contributed by atoms with van der Waals surface area (Å²) < 4.78 is 82.8. The van der Waals surface area contributed by atoms with Crippen molar-refractivity contribution in [3.05, 3.63) is 65.2 Å². The predicted molar refractivity (Wildman–Crippen MR) is 209 cm³/mol. The van der Waals surface area contributed by atoms with Gasteiger partial charge in [-0.25, -0.2) is 33.0 Å². The molecule has 0 aromatic carbocycles. The van der Waals surface area contributed by atoms with Gasteiger partial charge >= 0.3 is 40.9 Å². The topological polar surface area (TPSA) is 477 Å². The average Bonchev–Trinajstić information content (AvgIpc) is 3.93. The van der Waals surface area contributed by atoms with E-state index in [1.165, 1.54) is 13.8 Å². The van der Waals surface area contributed by atoms with Crippen molar-refractivity contribution in [3.63, 3.8) is 0 Å². The molecule has 0 bridgehead atoms. The Bertz CT molecular complexity index is 2740. The lowest BCUT2D eigenvalue weighted by atomic mass is 10.1. The number of nitrogens with one attached hydrogen (secondary N) is 3. The molecule has 66 heavy (non-hydrogen) atoms. The number of H-pyrrole nitrogens is 2. The average molecular weight is 1000 g/mol. The van der Waals surface area contributed by atoms with E-state index in [1.807, 2.05) is 10.3 Å². The summed E-state index contributed by atoms with van der Waals surface area (Å²) in [5, 5.41) is 34.9. The van der Waals surface area contributed by atoms with E-state index in [-0.39, 0.29) is 22.4 Å². The van der Waals surface area contributed by atoms with Crippen LogP contribution in [0.5, 0.6) is 0 Å². The second-order valence-corrected chi connectivity index (χ2v) is 19.0. The van der Waals surface area contributed by atoms with Crippen LogP contribution in [0.4, 0.5) is 4.79 Å². The molecule has 2 aromatic heterocycles. The first kappa shape index (κ1) is 49.4. The first-order valence-corrected chi connectivity index (χ1v) is 23.5. The molecule has 2 unspecified atom stereocenters. The van der Waals surface area contributed by atoms with Crippen molar-refractivity contribution < 1.29 is 95.0 Å². The minimum Gasteiger partial charge on any atom is -0.394 e. The van der Waals surface area contributed by atoms with Crippen LogP contribution in [0.15, 0.2) is 41.6 Å². The van der Waals surface area contributed by atoms with Crippen LogP contribution in [0.3, 0.4) is 0 Å². The van der Waals surface area contributed by atoms with Crippen LogP contribution >= 0.6 is 23.5 Å². The number of nitrogens with zero attached hydrogens (tertiary/aromatic N) is 5. The van der Waals surface area contributed by atoms with E-state index in [0.717, 1.165) is 21.5 Å². The van der Waals surface area contributed by atoms with Crippen molar-refractivity contribution in [2.75, 3.05) is 19.8 Å². The molecule has 0 saturated carbocycles. The minimum absolute atomic E-state index is 0.0238. The van der Waals surface area contributed by atoms with E-state index in [1.54, 1.807) is 0 Å². The number of phosphoric acid groups is 3. The van der Waals surface area contributed by atoms with Gasteiger partial charge in [0.2, 0.25) is 0 Å². The molecule has 33 nitrogen and oxygen atoms in total. The Morgan fingerprint density at radius 1 is 0.803 bits per heavy atom. The zero-order chi connectivity index (χ0) is 48.4. The van der Waals surface area contributed by atoms with Crippen molar-refractivity contribution in [2.45, 2.75) is 93.9 Å². The Labute approximate surface area is 365 Å². The molecule has 0 spiro atoms. The van der Waals surface area contributed by atoms with E-state index >= 15 is 0 Å². The molecule has 3 fully saturated rings. The Morgan fingerprint density at radius 2 is 1.32 bits per heavy atom. The third-order valence-electron chi connectivity index (χ3n) is 10.4. The molecule has 5 aliphatic rings. The second kappa shape index (κ2) is 18.2. The van der Waals surface area contributed by atoms with Gasteiger partial charge in [-0.15, -0.1) is 0 Å². The van der Waals surface area contributed by atoms with Crippen molar-refractivity contribution in [1.29, 1.82) is 0 Å². The number of ether oxygens (including phenoxy) is 3. The fourth-order valence-corrected chi connectivity index (χ4v) is 9.91. The van der Waals surface area contributed by atoms with Crippen LogP contribution < -0.4 is 33.5 Å². The molecule has 12 N–H and O–H groups in total. The molecule has 7 heterocycles. The quantitative estimate of drug-likeness (QED) is 0.0700. The highest BCUT2D eigenvalue weighted by Gasteiger charge is 2.62. The molecule has 3 amide bonds. The lowest BCUT2D eigenvalue weighted by molar-refractivity contribution is -0.146. The Morgan fingerprint density at radius 3 is 1.86 bits per heavy atom. The summed E-state index contributed by atoms with van der Waals surface area (Å²) in [5.74, 6) is -5.04. The summed E-state index contributed by atoms with van der Waals surface area (Å²) in [6.07, 6.45) is -16.6. The molecule has 36 heteroatoms. The summed E-state index contributed by atoms with van der Waals surface area (Å²) >= 11 is 0. The molecule has 7 rings (SSSR count). The van der Waals surface area contributed by atoms with E-state index < -0.39 is 163 Å². The molecule has 3 saturated heterocycles. The fourth-order valence-electron chi connectivity index (χ4n) is 7.41. The lowest BCUT2D eigenvalue weighted by Gasteiger charge is -2.36. The number of aryl methyl sites for hydroxylation is 2. The van der Waals surface area contributed by atoms with Crippen molar-refractivity contribution in [2.24, 2.45) is 15.7 Å². The number of carbonyl (C=O) groups excluding carboxylic acids is 2. The van der Waals surface area contributed by atoms with Gasteiger partial charge in [0.25, 0.3) is 22.9 Å². The van der Waals surface area contributed by atoms with Crippen LogP contribution in [0.1, 0.15) is 36.4 Å². The Balaban J connectivity index is 1.11. The van der Waals surface area contributed by atoms with Gasteiger partial charge in [0, 0.05) is 36.4 Å². The van der Waals surface area contributed by atoms with Gasteiger partial charge in [-0.1, -0.05) is 0 Å². The number of aliphatic hydroxyl groups is 3. The zero-order valence-corrected chi connectivity index (χ0v) is 36.4. The number of aromatic nitrogens is 4. The van der Waals surface area contributed by atoms with Gasteiger partial charge in [0.05, 0.1) is 19.8 Å². The monoisotopic (exact) mass is 1000 g/mol. The van der Waals surface area contributed by atoms with Crippen molar-refractivity contribution >= 4 is 47.1 Å². The third kappa shape index (κ3) is 10.2. The van der Waals surface area contributed by atoms with Crippen molar-refractivity contribution in [1.82, 2.24) is 29.3 Å². The van der Waals surface area contributed by atoms with Gasteiger partial charge < -0.3 is 54.8 Å². The van der Waals surface area contributed by atoms with Crippen LogP contribution in [0.25, 0.3) is 0 Å². The number of hydrogen-bond donors (Lipinski definition) is 11. The number of fused-ring (bicyclic) bond motifs is 1. The number of phosphoric ester groups is 3. The standard InChI is InChI=1S/C30H40N9O24P3/c1-10-5-37(27(45)34-22(10)42)17-3-12(14(7-40)58-17)62-65(52,53)57-9-16-20(19(41)25(60-16)39-29(47)32-21-24(44)33-26(31)36-30(21,39)48)63-66(54,55)56-8-15-13(61-64(49,50)51)4-18(59-15)38-6-11(2)23(43)35-28(38)46/h5-6,12-20,25,40-41,48H,3-4,7-9H2,1-2H3,(H,52,53)(H,54,55)(H,34,42,45)(H,35,43,46)(H2,49,50,51)(H3,31,33,36,44)/t12-,13-,14+,15+,16+,17+,18+,19+,20+,25+,30-/m0/s1. The predicted octanol–water partition coefficient (Wildman–Crippen LogP) is -5.19. The van der Waals surface area contributed by atoms with Gasteiger partial charge in [0.15, 0.2) is 17.9 Å². The Kier molecular flexibility index (Phi) is 13.6. The van der Waals surface area contributed by atoms with Crippen LogP contribution in [-0.2, 0) is 55.3 Å². The number of rotatable bonds is 16. The maximum Gasteiger partial charge on any atom is 0.472 e. The summed E-state index contributed by atoms with van der Waals surface area (Å²) in [7, 11) is -16.4. The minimum atomic E-state index is -5.65. The first-order chi connectivity index (χ1) is 30.7. The number of aromatic amines is 2. The van der Waals surface area contributed by atoms with Gasteiger partial charge in [-0.2, -0.15) is 9.98 Å². The smallest absolute Gasteiger partial charge is 0.394 e. The lowest BCUT2D eigenvalue weighted by Crippen LogP contribution is -2.64. The van der Waals surface area contributed by atoms with Crippen LogP contribution in [0, 0.1) is 13.8 Å². The third-order valence-corrected chi connectivity index (χ3v) is 13.0. The van der Waals surface area contributed by atoms with E-state index in [4.69, 9.17) is 42.6 Å². The number of nitrogens with two attached hydrogens (primary N) is 1. The van der Waals surface area contributed by atoms with Gasteiger partial charge in [-0.3, -0.25) is 61.4 Å². The molecule has 0 aliphatic carbocycles. The first-order valence-electron chi connectivity index (χ1n) is 19.0. The maximum atomic E-state index is 13.6. The number of hydrogen-bond acceptors (Lipinski definition) is 22. The molecular weight excluding hydrogens is 963 g/mol. The second-order valence-electron chi connectivity index (χ2n) is 15.0.